The van der Waals surface area contributed by atoms with E-state index in [4.69, 9.17) is 9.84 Å². The van der Waals surface area contributed by atoms with E-state index in [2.05, 4.69) is 19.1 Å². The van der Waals surface area contributed by atoms with Crippen LogP contribution in [-0.2, 0) is 14.3 Å². The van der Waals surface area contributed by atoms with E-state index in [0.29, 0.717) is 17.4 Å². The Morgan fingerprint density at radius 3 is 2.12 bits per heavy atom. The minimum Gasteiger partial charge on any atom is -0.481 e. The molecule has 0 saturated carbocycles. The van der Waals surface area contributed by atoms with Gasteiger partial charge in [0.1, 0.15) is 6.54 Å². The molecule has 0 fully saturated rings. The van der Waals surface area contributed by atoms with Crippen molar-refractivity contribution in [2.45, 2.75) is 70.8 Å². The number of unbranched alkanes of at least 4 members (excludes halogenated alkanes) is 5. The highest BCUT2D eigenvalue weighted by Gasteiger charge is 2.24. The first-order valence-electron chi connectivity index (χ1n) is 9.11. The number of likely N-dealkylation sites (N-methyl/N-ethyl adjacent to an activating group) is 1. The molecule has 0 aliphatic rings. The summed E-state index contributed by atoms with van der Waals surface area (Å²) < 4.78 is 5.92. The number of ether oxygens (including phenoxy) is 1. The van der Waals surface area contributed by atoms with E-state index in [1.54, 1.807) is 0 Å². The zero-order valence-electron chi connectivity index (χ0n) is 15.9. The lowest BCUT2D eigenvalue weighted by Crippen LogP contribution is -2.43. The van der Waals surface area contributed by atoms with E-state index in [1.807, 2.05) is 21.1 Å². The third kappa shape index (κ3) is 15.5. The molecule has 0 amide bonds. The van der Waals surface area contributed by atoms with Gasteiger partial charge in [-0.05, 0) is 32.1 Å². The van der Waals surface area contributed by atoms with Crippen LogP contribution in [0.4, 0.5) is 0 Å². The summed E-state index contributed by atoms with van der Waals surface area (Å²) in [5, 5.41) is 8.94. The average Bonchev–Trinajstić information content (AvgIpc) is 2.42. The third-order valence-electron chi connectivity index (χ3n) is 3.59. The maximum absolute atomic E-state index is 11.9. The summed E-state index contributed by atoms with van der Waals surface area (Å²) >= 11 is 0. The Labute approximate surface area is 147 Å². The fourth-order valence-corrected chi connectivity index (χ4v) is 2.47. The zero-order chi connectivity index (χ0) is 18.4. The van der Waals surface area contributed by atoms with Gasteiger partial charge in [-0.2, -0.15) is 0 Å². The Kier molecular flexibility index (Phi) is 12.3. The smallest absolute Gasteiger partial charge is 0.307 e. The molecular formula is C19H36NO4+. The van der Waals surface area contributed by atoms with Crippen molar-refractivity contribution in [1.29, 1.82) is 0 Å². The Morgan fingerprint density at radius 1 is 1.04 bits per heavy atom. The molecule has 0 spiro atoms. The van der Waals surface area contributed by atoms with Crippen LogP contribution in [0.5, 0.6) is 0 Å². The van der Waals surface area contributed by atoms with Gasteiger partial charge in [0, 0.05) is 6.42 Å². The summed E-state index contributed by atoms with van der Waals surface area (Å²) in [6, 6.07) is 0. The lowest BCUT2D eigenvalue weighted by molar-refractivity contribution is -0.873. The van der Waals surface area contributed by atoms with Crippen LogP contribution in [0.1, 0.15) is 64.7 Å². The number of carbonyl (C=O) groups excluding carboxylic acids is 1. The largest absolute Gasteiger partial charge is 0.481 e. The highest BCUT2D eigenvalue weighted by Crippen LogP contribution is 2.09. The second kappa shape index (κ2) is 13.0. The summed E-state index contributed by atoms with van der Waals surface area (Å²) in [4.78, 5) is 22.8. The van der Waals surface area contributed by atoms with Gasteiger partial charge in [-0.15, -0.1) is 0 Å². The minimum absolute atomic E-state index is 0.137. The van der Waals surface area contributed by atoms with Crippen molar-refractivity contribution in [3.8, 4) is 0 Å². The Bertz CT molecular complexity index is 385. The summed E-state index contributed by atoms with van der Waals surface area (Å²) in [6.07, 6.45) is 11.7. The van der Waals surface area contributed by atoms with Crippen molar-refractivity contribution in [3.05, 3.63) is 12.2 Å². The molecule has 0 aromatic carbocycles. The van der Waals surface area contributed by atoms with Gasteiger partial charge in [0.05, 0.1) is 27.6 Å². The second-order valence-electron chi connectivity index (χ2n) is 7.40. The quantitative estimate of drug-likeness (QED) is 0.226. The van der Waals surface area contributed by atoms with Crippen molar-refractivity contribution in [2.75, 3.05) is 27.7 Å². The maximum atomic E-state index is 11.9. The van der Waals surface area contributed by atoms with Crippen molar-refractivity contribution >= 4 is 11.9 Å². The van der Waals surface area contributed by atoms with Crippen molar-refractivity contribution in [2.24, 2.45) is 0 Å². The fourth-order valence-electron chi connectivity index (χ4n) is 2.47. The van der Waals surface area contributed by atoms with Crippen LogP contribution in [0.25, 0.3) is 0 Å². The monoisotopic (exact) mass is 342 g/mol. The highest BCUT2D eigenvalue weighted by atomic mass is 16.5. The Hall–Kier alpha value is -1.36. The first-order chi connectivity index (χ1) is 11.2. The van der Waals surface area contributed by atoms with E-state index >= 15 is 0 Å². The molecule has 1 N–H and O–H groups in total. The van der Waals surface area contributed by atoms with Gasteiger partial charge in [-0.25, -0.2) is 0 Å². The molecule has 1 unspecified atom stereocenters. The highest BCUT2D eigenvalue weighted by molar-refractivity contribution is 5.71. The van der Waals surface area contributed by atoms with E-state index in [9.17, 15) is 9.59 Å². The van der Waals surface area contributed by atoms with Crippen LogP contribution in [0.3, 0.4) is 0 Å². The summed E-state index contributed by atoms with van der Waals surface area (Å²) in [5.41, 5.74) is 0. The Morgan fingerprint density at radius 2 is 1.62 bits per heavy atom. The van der Waals surface area contributed by atoms with Crippen LogP contribution in [0, 0.1) is 0 Å². The number of nitrogens with zero attached hydrogens (tertiary/aromatic N) is 1. The van der Waals surface area contributed by atoms with E-state index in [0.717, 1.165) is 25.7 Å². The molecule has 5 nitrogen and oxygen atoms in total. The molecule has 0 saturated heterocycles. The van der Waals surface area contributed by atoms with Crippen molar-refractivity contribution < 1.29 is 23.9 Å². The van der Waals surface area contributed by atoms with Gasteiger partial charge < -0.3 is 14.3 Å². The number of allylic oxidation sites excluding steroid dienone is 2. The molecule has 24 heavy (non-hydrogen) atoms. The van der Waals surface area contributed by atoms with Crippen LogP contribution in [0.2, 0.25) is 0 Å². The summed E-state index contributed by atoms with van der Waals surface area (Å²) in [5.74, 6) is -1.23. The van der Waals surface area contributed by atoms with Gasteiger partial charge >= 0.3 is 11.9 Å². The normalized spacial score (nSPS) is 13.2. The molecule has 1 atom stereocenters. The first-order valence-corrected chi connectivity index (χ1v) is 9.11. The first kappa shape index (κ1) is 22.6. The maximum Gasteiger partial charge on any atom is 0.307 e. The number of carbonyl (C=O) groups is 2. The molecule has 0 heterocycles. The SMILES string of the molecule is CCCCC/C=C/CCCCC(=O)OC(CC(=O)O)C[N+](C)(C)C. The second-order valence-corrected chi connectivity index (χ2v) is 7.40. The van der Waals surface area contributed by atoms with Gasteiger partial charge in [-0.1, -0.05) is 31.9 Å². The zero-order valence-corrected chi connectivity index (χ0v) is 15.9. The molecule has 140 valence electrons. The van der Waals surface area contributed by atoms with Crippen LogP contribution < -0.4 is 0 Å². The van der Waals surface area contributed by atoms with E-state index in [1.165, 1.54) is 19.3 Å². The third-order valence-corrected chi connectivity index (χ3v) is 3.59. The molecule has 0 aliphatic heterocycles. The number of carboxylic acid groups (broad SMARTS) is 1. The lowest BCUT2D eigenvalue weighted by Gasteiger charge is -2.28. The molecule has 5 heteroatoms. The topological polar surface area (TPSA) is 63.6 Å². The predicted octanol–water partition coefficient (Wildman–Crippen LogP) is 3.78. The number of quaternary nitrogens is 1. The van der Waals surface area contributed by atoms with Crippen molar-refractivity contribution in [3.63, 3.8) is 0 Å². The number of aliphatic carboxylic acids is 1. The van der Waals surface area contributed by atoms with Crippen LogP contribution in [0.15, 0.2) is 12.2 Å². The molecule has 0 aromatic rings. The molecule has 0 radical (unpaired) electrons. The molecular weight excluding hydrogens is 306 g/mol. The van der Waals surface area contributed by atoms with E-state index < -0.39 is 12.1 Å². The number of rotatable bonds is 14. The van der Waals surface area contributed by atoms with E-state index in [-0.39, 0.29) is 12.4 Å². The standard InChI is InChI=1S/C19H35NO4/c1-5-6-7-8-9-10-11-12-13-14-19(23)24-17(15-18(21)22)16-20(2,3)4/h9-10,17H,5-8,11-16H2,1-4H3/p+1/b10-9+. The van der Waals surface area contributed by atoms with Gasteiger partial charge in [-0.3, -0.25) is 9.59 Å². The molecule has 0 bridgehead atoms. The van der Waals surface area contributed by atoms with Gasteiger partial charge in [0.25, 0.3) is 0 Å². The lowest BCUT2D eigenvalue weighted by atomic mass is 10.1. The molecule has 0 aromatic heterocycles. The average molecular weight is 343 g/mol. The van der Waals surface area contributed by atoms with Crippen molar-refractivity contribution in [1.82, 2.24) is 0 Å². The van der Waals surface area contributed by atoms with Crippen LogP contribution >= 0.6 is 0 Å². The number of carboxylic acids is 1. The van der Waals surface area contributed by atoms with Gasteiger partial charge in [0.15, 0.2) is 6.10 Å². The Balaban J connectivity index is 3.93. The predicted molar refractivity (Wildman–Crippen MR) is 96.8 cm³/mol. The molecule has 0 aliphatic carbocycles. The minimum atomic E-state index is -0.936. The van der Waals surface area contributed by atoms with Crippen LogP contribution in [-0.4, -0.2) is 55.3 Å². The fraction of sp³-hybridized carbons (Fsp3) is 0.789. The summed E-state index contributed by atoms with van der Waals surface area (Å²) in [6.45, 7) is 2.70. The number of hydrogen-bond donors (Lipinski definition) is 1. The van der Waals surface area contributed by atoms with Gasteiger partial charge in [0.2, 0.25) is 0 Å². The summed E-state index contributed by atoms with van der Waals surface area (Å²) in [7, 11) is 5.86. The molecule has 0 rings (SSSR count). The number of esters is 1. The number of hydrogen-bond acceptors (Lipinski definition) is 3.